The van der Waals surface area contributed by atoms with Crippen molar-refractivity contribution in [3.63, 3.8) is 0 Å². The number of hydrogen-bond donors (Lipinski definition) is 3. The summed E-state index contributed by atoms with van der Waals surface area (Å²) < 4.78 is 15.1. The molecule has 118 valence electrons. The first kappa shape index (κ1) is 14.7. The van der Waals surface area contributed by atoms with Gasteiger partial charge in [-0.1, -0.05) is 6.07 Å². The number of rotatable bonds is 3. The van der Waals surface area contributed by atoms with Crippen LogP contribution in [0, 0.1) is 5.82 Å². The summed E-state index contributed by atoms with van der Waals surface area (Å²) in [6.07, 6.45) is 0.161. The molecule has 23 heavy (non-hydrogen) atoms. The minimum absolute atomic E-state index is 0.125. The summed E-state index contributed by atoms with van der Waals surface area (Å²) in [5.41, 5.74) is -0.494. The van der Waals surface area contributed by atoms with Gasteiger partial charge in [0.1, 0.15) is 22.8 Å². The average molecular weight is 317 g/mol. The lowest BCUT2D eigenvalue weighted by Crippen LogP contribution is -2.32. The smallest absolute Gasteiger partial charge is 0.405 e. The van der Waals surface area contributed by atoms with Crippen molar-refractivity contribution in [3.8, 4) is 5.82 Å². The highest BCUT2D eigenvalue weighted by Gasteiger charge is 2.21. The standard InChI is InChI=1S/C14H12FN5O3/c1-7(17-14(22)23)12-18-9-4-2-3-8(15)11(9)13(21)20(12)10-5-6-16-19-10/h2-7,17H,1H3,(H,16,19)(H,22,23). The number of carboxylic acid groups (broad SMARTS) is 1. The predicted molar refractivity (Wildman–Crippen MR) is 79.0 cm³/mol. The molecule has 1 unspecified atom stereocenters. The molecule has 3 rings (SSSR count). The molecule has 0 fully saturated rings. The van der Waals surface area contributed by atoms with Crippen LogP contribution in [-0.2, 0) is 0 Å². The highest BCUT2D eigenvalue weighted by atomic mass is 19.1. The largest absolute Gasteiger partial charge is 0.465 e. The quantitative estimate of drug-likeness (QED) is 0.679. The third-order valence-corrected chi connectivity index (χ3v) is 3.33. The minimum Gasteiger partial charge on any atom is -0.465 e. The molecule has 0 bridgehead atoms. The predicted octanol–water partition coefficient (Wildman–Crippen LogP) is 1.58. The van der Waals surface area contributed by atoms with E-state index in [0.717, 1.165) is 4.57 Å². The van der Waals surface area contributed by atoms with Gasteiger partial charge in [0.2, 0.25) is 0 Å². The van der Waals surface area contributed by atoms with E-state index in [1.54, 1.807) is 0 Å². The number of fused-ring (bicyclic) bond motifs is 1. The summed E-state index contributed by atoms with van der Waals surface area (Å²) in [4.78, 5) is 27.9. The van der Waals surface area contributed by atoms with Crippen LogP contribution in [0.1, 0.15) is 18.8 Å². The Morgan fingerprint density at radius 1 is 1.43 bits per heavy atom. The van der Waals surface area contributed by atoms with Gasteiger partial charge in [-0.25, -0.2) is 18.7 Å². The first-order valence-electron chi connectivity index (χ1n) is 6.69. The Morgan fingerprint density at radius 3 is 2.87 bits per heavy atom. The first-order valence-corrected chi connectivity index (χ1v) is 6.69. The molecule has 1 atom stereocenters. The van der Waals surface area contributed by atoms with Crippen molar-refractivity contribution in [2.45, 2.75) is 13.0 Å². The highest BCUT2D eigenvalue weighted by Crippen LogP contribution is 2.18. The van der Waals surface area contributed by atoms with Crippen molar-refractivity contribution in [2.24, 2.45) is 0 Å². The van der Waals surface area contributed by atoms with Gasteiger partial charge in [0.25, 0.3) is 5.56 Å². The number of benzene rings is 1. The number of aromatic amines is 1. The molecule has 3 aromatic rings. The van der Waals surface area contributed by atoms with Gasteiger partial charge in [0.05, 0.1) is 17.8 Å². The van der Waals surface area contributed by atoms with Crippen LogP contribution in [0.3, 0.4) is 0 Å². The molecule has 1 amide bonds. The molecule has 2 aromatic heterocycles. The van der Waals surface area contributed by atoms with Crippen molar-refractivity contribution >= 4 is 17.0 Å². The molecule has 0 saturated heterocycles. The van der Waals surface area contributed by atoms with E-state index in [4.69, 9.17) is 5.11 Å². The van der Waals surface area contributed by atoms with E-state index in [1.807, 2.05) is 0 Å². The van der Waals surface area contributed by atoms with Gasteiger partial charge in [-0.05, 0) is 19.1 Å². The summed E-state index contributed by atoms with van der Waals surface area (Å²) in [6.45, 7) is 1.54. The van der Waals surface area contributed by atoms with Crippen LogP contribution in [0.2, 0.25) is 0 Å². The summed E-state index contributed by atoms with van der Waals surface area (Å²) in [7, 11) is 0. The Morgan fingerprint density at radius 2 is 2.22 bits per heavy atom. The molecule has 0 aliphatic carbocycles. The number of halogens is 1. The molecule has 0 saturated carbocycles. The molecule has 0 spiro atoms. The third kappa shape index (κ3) is 2.52. The number of amides is 1. The first-order chi connectivity index (χ1) is 11.0. The molecule has 0 aliphatic rings. The number of H-pyrrole nitrogens is 1. The SMILES string of the molecule is CC(NC(=O)O)c1nc2cccc(F)c2c(=O)n1-c1ccn[nH]1. The van der Waals surface area contributed by atoms with Crippen molar-refractivity contribution in [2.75, 3.05) is 0 Å². The Hall–Kier alpha value is -3.23. The zero-order valence-corrected chi connectivity index (χ0v) is 11.9. The molecular formula is C14H12FN5O3. The molecule has 0 radical (unpaired) electrons. The van der Waals surface area contributed by atoms with Gasteiger partial charge in [-0.3, -0.25) is 9.89 Å². The fraction of sp³-hybridized carbons (Fsp3) is 0.143. The summed E-state index contributed by atoms with van der Waals surface area (Å²) in [6, 6.07) is 4.81. The zero-order valence-electron chi connectivity index (χ0n) is 11.9. The van der Waals surface area contributed by atoms with Crippen LogP contribution >= 0.6 is 0 Å². The molecule has 1 aromatic carbocycles. The lowest BCUT2D eigenvalue weighted by Gasteiger charge is -2.17. The Kier molecular flexibility index (Phi) is 3.53. The maximum absolute atomic E-state index is 14.0. The van der Waals surface area contributed by atoms with Gasteiger partial charge in [0.15, 0.2) is 0 Å². The van der Waals surface area contributed by atoms with E-state index < -0.39 is 23.5 Å². The zero-order chi connectivity index (χ0) is 16.6. The monoisotopic (exact) mass is 317 g/mol. The van der Waals surface area contributed by atoms with Gasteiger partial charge in [-0.2, -0.15) is 5.10 Å². The fourth-order valence-electron chi connectivity index (χ4n) is 2.35. The molecule has 8 nitrogen and oxygen atoms in total. The molecule has 0 aliphatic heterocycles. The number of hydrogen-bond acceptors (Lipinski definition) is 4. The molecule has 9 heteroatoms. The summed E-state index contributed by atoms with van der Waals surface area (Å²) in [5.74, 6) is -0.305. The van der Waals surface area contributed by atoms with Crippen LogP contribution in [0.4, 0.5) is 9.18 Å². The fourth-order valence-corrected chi connectivity index (χ4v) is 2.35. The third-order valence-electron chi connectivity index (χ3n) is 3.33. The van der Waals surface area contributed by atoms with Crippen molar-refractivity contribution < 1.29 is 14.3 Å². The van der Waals surface area contributed by atoms with E-state index in [-0.39, 0.29) is 22.5 Å². The number of nitrogens with zero attached hydrogens (tertiary/aromatic N) is 3. The maximum Gasteiger partial charge on any atom is 0.405 e. The Labute approximate surface area is 128 Å². The average Bonchev–Trinajstić information content (AvgIpc) is 3.00. The molecule has 2 heterocycles. The van der Waals surface area contributed by atoms with E-state index in [9.17, 15) is 14.0 Å². The van der Waals surface area contributed by atoms with E-state index in [1.165, 1.54) is 37.4 Å². The Balaban J connectivity index is 2.36. The van der Waals surface area contributed by atoms with Gasteiger partial charge >= 0.3 is 6.09 Å². The maximum atomic E-state index is 14.0. The second-order valence-electron chi connectivity index (χ2n) is 4.86. The summed E-state index contributed by atoms with van der Waals surface area (Å²) in [5, 5.41) is 17.3. The number of nitrogens with one attached hydrogen (secondary N) is 2. The van der Waals surface area contributed by atoms with Crippen LogP contribution in [0.25, 0.3) is 16.7 Å². The lowest BCUT2D eigenvalue weighted by molar-refractivity contribution is 0.190. The van der Waals surface area contributed by atoms with Crippen molar-refractivity contribution in [1.82, 2.24) is 25.1 Å². The summed E-state index contributed by atoms with van der Waals surface area (Å²) >= 11 is 0. The second kappa shape index (κ2) is 5.52. The van der Waals surface area contributed by atoms with E-state index >= 15 is 0 Å². The van der Waals surface area contributed by atoms with E-state index in [2.05, 4.69) is 20.5 Å². The van der Waals surface area contributed by atoms with Crippen LogP contribution in [0.15, 0.2) is 35.3 Å². The van der Waals surface area contributed by atoms with Gasteiger partial charge < -0.3 is 10.4 Å². The van der Waals surface area contributed by atoms with Crippen molar-refractivity contribution in [1.29, 1.82) is 0 Å². The van der Waals surface area contributed by atoms with Crippen LogP contribution in [0.5, 0.6) is 0 Å². The Bertz CT molecular complexity index is 935. The number of carbonyl (C=O) groups is 1. The van der Waals surface area contributed by atoms with E-state index in [0.29, 0.717) is 0 Å². The molecule has 3 N–H and O–H groups in total. The van der Waals surface area contributed by atoms with Crippen molar-refractivity contribution in [3.05, 3.63) is 52.5 Å². The normalized spacial score (nSPS) is 12.3. The van der Waals surface area contributed by atoms with Gasteiger partial charge in [-0.15, -0.1) is 0 Å². The van der Waals surface area contributed by atoms with Crippen LogP contribution in [-0.4, -0.2) is 30.9 Å². The topological polar surface area (TPSA) is 113 Å². The highest BCUT2D eigenvalue weighted by molar-refractivity contribution is 5.78. The van der Waals surface area contributed by atoms with Crippen LogP contribution < -0.4 is 10.9 Å². The number of aromatic nitrogens is 4. The minimum atomic E-state index is -1.26. The van der Waals surface area contributed by atoms with Gasteiger partial charge in [0, 0.05) is 6.07 Å². The lowest BCUT2D eigenvalue weighted by atomic mass is 10.2. The second-order valence-corrected chi connectivity index (χ2v) is 4.86. The molecular weight excluding hydrogens is 305 g/mol.